The molecule has 6 heteroatoms. The van der Waals surface area contributed by atoms with Gasteiger partial charge in [-0.1, -0.05) is 15.9 Å². The number of benzene rings is 1. The Morgan fingerprint density at radius 1 is 1.24 bits per heavy atom. The summed E-state index contributed by atoms with van der Waals surface area (Å²) in [5, 5.41) is 8.73. The van der Waals surface area contributed by atoms with Crippen LogP contribution in [0, 0.1) is 0 Å². The van der Waals surface area contributed by atoms with Crippen molar-refractivity contribution in [2.45, 2.75) is 31.7 Å². The Morgan fingerprint density at radius 3 is 2.48 bits per heavy atom. The molecule has 0 atom stereocenters. The normalized spacial score (nSPS) is 13.8. The van der Waals surface area contributed by atoms with Crippen LogP contribution in [0.15, 0.2) is 28.7 Å². The lowest BCUT2D eigenvalue weighted by Crippen LogP contribution is -2.35. The van der Waals surface area contributed by atoms with Gasteiger partial charge in [-0.25, -0.2) is 0 Å². The first kappa shape index (κ1) is 15.8. The third-order valence-corrected chi connectivity index (χ3v) is 3.80. The van der Waals surface area contributed by atoms with Crippen LogP contribution in [0.2, 0.25) is 0 Å². The van der Waals surface area contributed by atoms with E-state index in [1.165, 1.54) is 0 Å². The maximum absolute atomic E-state index is 12.1. The molecule has 0 unspecified atom stereocenters. The van der Waals surface area contributed by atoms with Gasteiger partial charge in [0, 0.05) is 17.1 Å². The minimum Gasteiger partial charge on any atom is -0.493 e. The minimum atomic E-state index is -0.875. The predicted molar refractivity (Wildman–Crippen MR) is 81.2 cm³/mol. The molecule has 1 fully saturated rings. The Balaban J connectivity index is 1.76. The molecule has 0 radical (unpaired) electrons. The van der Waals surface area contributed by atoms with Crippen molar-refractivity contribution in [1.82, 2.24) is 4.90 Å². The number of carbonyl (C=O) groups is 2. The molecule has 0 bridgehead atoms. The molecular weight excluding hydrogens is 338 g/mol. The second-order valence-corrected chi connectivity index (χ2v) is 5.93. The van der Waals surface area contributed by atoms with Crippen molar-refractivity contribution >= 4 is 27.8 Å². The maximum atomic E-state index is 12.1. The van der Waals surface area contributed by atoms with Crippen LogP contribution in [0.25, 0.3) is 0 Å². The van der Waals surface area contributed by atoms with E-state index >= 15 is 0 Å². The van der Waals surface area contributed by atoms with Gasteiger partial charge in [-0.15, -0.1) is 0 Å². The highest BCUT2D eigenvalue weighted by Gasteiger charge is 2.32. The second kappa shape index (κ2) is 7.45. The molecule has 1 saturated carbocycles. The number of carboxylic acid groups (broad SMARTS) is 1. The zero-order valence-electron chi connectivity index (χ0n) is 11.6. The zero-order valence-corrected chi connectivity index (χ0v) is 13.2. The van der Waals surface area contributed by atoms with Crippen molar-refractivity contribution < 1.29 is 19.4 Å². The van der Waals surface area contributed by atoms with E-state index in [0.29, 0.717) is 6.61 Å². The molecular formula is C15H18BrNO4. The fraction of sp³-hybridized carbons (Fsp3) is 0.467. The van der Waals surface area contributed by atoms with E-state index in [4.69, 9.17) is 9.84 Å². The van der Waals surface area contributed by atoms with Gasteiger partial charge in [0.25, 0.3) is 0 Å². The lowest BCUT2D eigenvalue weighted by Gasteiger charge is -2.21. The van der Waals surface area contributed by atoms with Gasteiger partial charge in [-0.05, 0) is 37.1 Å². The summed E-state index contributed by atoms with van der Waals surface area (Å²) in [5.41, 5.74) is 0. The van der Waals surface area contributed by atoms with Gasteiger partial charge in [0.2, 0.25) is 5.91 Å². The van der Waals surface area contributed by atoms with Crippen molar-refractivity contribution in [3.05, 3.63) is 28.7 Å². The molecule has 1 aliphatic carbocycles. The third kappa shape index (κ3) is 5.38. The topological polar surface area (TPSA) is 66.8 Å². The van der Waals surface area contributed by atoms with Crippen LogP contribution in [0.4, 0.5) is 0 Å². The molecule has 0 aliphatic heterocycles. The monoisotopic (exact) mass is 355 g/mol. The van der Waals surface area contributed by atoms with Crippen molar-refractivity contribution in [3.63, 3.8) is 0 Å². The van der Waals surface area contributed by atoms with E-state index in [2.05, 4.69) is 15.9 Å². The summed E-state index contributed by atoms with van der Waals surface area (Å²) >= 11 is 3.34. The first-order chi connectivity index (χ1) is 10.1. The number of carbonyl (C=O) groups excluding carboxylic acids is 1. The van der Waals surface area contributed by atoms with E-state index in [1.807, 2.05) is 24.3 Å². The standard InChI is InChI=1S/C15H18BrNO4/c16-11-1-5-13(6-2-11)21-10-8-14(18)17(12-3-4-12)9-7-15(19)20/h1-2,5-6,12H,3-4,7-10H2,(H,19,20). The molecule has 1 aromatic rings. The SMILES string of the molecule is O=C(O)CCN(C(=O)CCOc1ccc(Br)cc1)C1CC1. The fourth-order valence-electron chi connectivity index (χ4n) is 2.04. The molecule has 1 aromatic carbocycles. The Hall–Kier alpha value is -1.56. The highest BCUT2D eigenvalue weighted by Crippen LogP contribution is 2.27. The molecule has 0 spiro atoms. The highest BCUT2D eigenvalue weighted by atomic mass is 79.9. The van der Waals surface area contributed by atoms with Crippen LogP contribution in [0.3, 0.4) is 0 Å². The van der Waals surface area contributed by atoms with Crippen molar-refractivity contribution in [2.75, 3.05) is 13.2 Å². The Morgan fingerprint density at radius 2 is 1.90 bits per heavy atom. The van der Waals surface area contributed by atoms with E-state index in [9.17, 15) is 9.59 Å². The summed E-state index contributed by atoms with van der Waals surface area (Å²) in [5.74, 6) is -0.190. The number of hydrogen-bond acceptors (Lipinski definition) is 3. The van der Waals surface area contributed by atoms with Crippen molar-refractivity contribution in [3.8, 4) is 5.75 Å². The summed E-state index contributed by atoms with van der Waals surface area (Å²) in [7, 11) is 0. The first-order valence-corrected chi connectivity index (χ1v) is 7.75. The number of rotatable bonds is 8. The molecule has 21 heavy (non-hydrogen) atoms. The van der Waals surface area contributed by atoms with Crippen LogP contribution in [-0.4, -0.2) is 41.1 Å². The number of aliphatic carboxylic acids is 1. The van der Waals surface area contributed by atoms with Gasteiger partial charge >= 0.3 is 5.97 Å². The number of halogens is 1. The van der Waals surface area contributed by atoms with E-state index in [0.717, 1.165) is 23.1 Å². The molecule has 0 aromatic heterocycles. The van der Waals surface area contributed by atoms with Crippen LogP contribution in [0.5, 0.6) is 5.75 Å². The van der Waals surface area contributed by atoms with Crippen LogP contribution in [-0.2, 0) is 9.59 Å². The van der Waals surface area contributed by atoms with Gasteiger partial charge < -0.3 is 14.7 Å². The van der Waals surface area contributed by atoms with Gasteiger partial charge in [0.15, 0.2) is 0 Å². The lowest BCUT2D eigenvalue weighted by atomic mass is 10.3. The highest BCUT2D eigenvalue weighted by molar-refractivity contribution is 9.10. The summed E-state index contributed by atoms with van der Waals surface area (Å²) in [4.78, 5) is 24.4. The minimum absolute atomic E-state index is 0.00416. The van der Waals surface area contributed by atoms with Gasteiger partial charge in [0.05, 0.1) is 19.4 Å². The zero-order chi connectivity index (χ0) is 15.2. The number of nitrogens with zero attached hydrogens (tertiary/aromatic N) is 1. The second-order valence-electron chi connectivity index (χ2n) is 5.01. The number of ether oxygens (including phenoxy) is 1. The molecule has 114 valence electrons. The molecule has 1 amide bonds. The van der Waals surface area contributed by atoms with Gasteiger partial charge in [0.1, 0.15) is 5.75 Å². The fourth-order valence-corrected chi connectivity index (χ4v) is 2.31. The molecule has 1 aliphatic rings. The van der Waals surface area contributed by atoms with Gasteiger partial charge in [-0.2, -0.15) is 0 Å². The van der Waals surface area contributed by atoms with Crippen LogP contribution < -0.4 is 4.74 Å². The van der Waals surface area contributed by atoms with E-state index in [1.54, 1.807) is 4.90 Å². The van der Waals surface area contributed by atoms with E-state index < -0.39 is 5.97 Å². The Bertz CT molecular complexity index is 499. The van der Waals surface area contributed by atoms with E-state index in [-0.39, 0.29) is 31.3 Å². The molecule has 1 N–H and O–H groups in total. The summed E-state index contributed by atoms with van der Waals surface area (Å²) in [6.07, 6.45) is 2.21. The molecule has 2 rings (SSSR count). The Kier molecular flexibility index (Phi) is 5.61. The molecule has 0 saturated heterocycles. The molecule has 5 nitrogen and oxygen atoms in total. The summed E-state index contributed by atoms with van der Waals surface area (Å²) in [6.45, 7) is 0.591. The van der Waals surface area contributed by atoms with Crippen LogP contribution in [0.1, 0.15) is 25.7 Å². The maximum Gasteiger partial charge on any atom is 0.305 e. The van der Waals surface area contributed by atoms with Gasteiger partial charge in [-0.3, -0.25) is 9.59 Å². The average Bonchev–Trinajstić information content (AvgIpc) is 3.25. The van der Waals surface area contributed by atoms with Crippen molar-refractivity contribution in [1.29, 1.82) is 0 Å². The third-order valence-electron chi connectivity index (χ3n) is 3.27. The number of hydrogen-bond donors (Lipinski definition) is 1. The lowest BCUT2D eigenvalue weighted by molar-refractivity contribution is -0.138. The Labute approximate surface area is 132 Å². The van der Waals surface area contributed by atoms with Crippen molar-refractivity contribution in [2.24, 2.45) is 0 Å². The number of amides is 1. The quantitative estimate of drug-likeness (QED) is 0.778. The molecule has 0 heterocycles. The summed E-state index contributed by atoms with van der Waals surface area (Å²) < 4.78 is 6.49. The predicted octanol–water partition coefficient (Wildman–Crippen LogP) is 2.68. The van der Waals surface area contributed by atoms with Crippen LogP contribution >= 0.6 is 15.9 Å². The smallest absolute Gasteiger partial charge is 0.305 e. The average molecular weight is 356 g/mol. The summed E-state index contributed by atoms with van der Waals surface area (Å²) in [6, 6.07) is 7.64. The first-order valence-electron chi connectivity index (χ1n) is 6.96. The number of carboxylic acids is 1. The largest absolute Gasteiger partial charge is 0.493 e.